The van der Waals surface area contributed by atoms with Crippen molar-refractivity contribution in [2.24, 2.45) is 0 Å². The van der Waals surface area contributed by atoms with Gasteiger partial charge in [-0.25, -0.2) is 4.39 Å². The molecule has 0 saturated carbocycles. The zero-order chi connectivity index (χ0) is 15.2. The van der Waals surface area contributed by atoms with E-state index in [9.17, 15) is 9.18 Å². The summed E-state index contributed by atoms with van der Waals surface area (Å²) in [7, 11) is 0. The maximum Gasteiger partial charge on any atom is 0.254 e. The highest BCUT2D eigenvalue weighted by atomic mass is 79.9. The minimum absolute atomic E-state index is 0.0835. The first kappa shape index (κ1) is 15.7. The van der Waals surface area contributed by atoms with Gasteiger partial charge in [0.2, 0.25) is 0 Å². The summed E-state index contributed by atoms with van der Waals surface area (Å²) in [6.45, 7) is 1.84. The summed E-state index contributed by atoms with van der Waals surface area (Å²) in [5.41, 5.74) is 2.08. The molecule has 0 fully saturated rings. The second kappa shape index (κ2) is 7.36. The Morgan fingerprint density at radius 1 is 1.24 bits per heavy atom. The zero-order valence-electron chi connectivity index (χ0n) is 11.8. The van der Waals surface area contributed by atoms with E-state index in [4.69, 9.17) is 0 Å². The number of halogens is 2. The molecule has 2 aromatic carbocycles. The molecule has 110 valence electrons. The van der Waals surface area contributed by atoms with E-state index >= 15 is 0 Å². The van der Waals surface area contributed by atoms with Gasteiger partial charge in [-0.15, -0.1) is 0 Å². The molecule has 0 aliphatic rings. The summed E-state index contributed by atoms with van der Waals surface area (Å²) < 4.78 is 13.7. The molecule has 0 aliphatic heterocycles. The molecule has 0 bridgehead atoms. The van der Waals surface area contributed by atoms with Crippen molar-refractivity contribution >= 4 is 21.8 Å². The summed E-state index contributed by atoms with van der Waals surface area (Å²) in [5, 5.41) is 3.49. The topological polar surface area (TPSA) is 29.1 Å². The van der Waals surface area contributed by atoms with Crippen molar-refractivity contribution in [3.63, 3.8) is 0 Å². The van der Waals surface area contributed by atoms with Gasteiger partial charge < -0.3 is 5.32 Å². The van der Waals surface area contributed by atoms with Crippen molar-refractivity contribution in [3.05, 3.63) is 71.0 Å². The van der Waals surface area contributed by atoms with Crippen LogP contribution in [0.5, 0.6) is 0 Å². The van der Waals surface area contributed by atoms with E-state index in [1.807, 2.05) is 37.3 Å². The highest BCUT2D eigenvalue weighted by molar-refractivity contribution is 9.09. The number of aryl methyl sites for hydroxylation is 1. The molecule has 1 amide bonds. The second-order valence-corrected chi connectivity index (χ2v) is 5.65. The lowest BCUT2D eigenvalue weighted by atomic mass is 10.1. The van der Waals surface area contributed by atoms with Crippen molar-refractivity contribution in [2.45, 2.75) is 19.4 Å². The molecule has 1 atom stereocenters. The molecule has 1 N–H and O–H groups in total. The van der Waals surface area contributed by atoms with E-state index < -0.39 is 5.82 Å². The van der Waals surface area contributed by atoms with E-state index in [1.165, 1.54) is 6.07 Å². The molecule has 0 saturated heterocycles. The van der Waals surface area contributed by atoms with Crippen LogP contribution in [0, 0.1) is 12.7 Å². The third kappa shape index (κ3) is 4.39. The second-order valence-electron chi connectivity index (χ2n) is 5.00. The third-order valence-electron chi connectivity index (χ3n) is 3.21. The van der Waals surface area contributed by atoms with Crippen LogP contribution >= 0.6 is 15.9 Å². The summed E-state index contributed by atoms with van der Waals surface area (Å²) in [4.78, 5) is 12.2. The molecule has 1 unspecified atom stereocenters. The van der Waals surface area contributed by atoms with Crippen molar-refractivity contribution in [3.8, 4) is 0 Å². The fourth-order valence-electron chi connectivity index (χ4n) is 2.12. The predicted octanol–water partition coefficient (Wildman–Crippen LogP) is 3.87. The molecule has 2 aromatic rings. The van der Waals surface area contributed by atoms with Gasteiger partial charge in [0, 0.05) is 11.4 Å². The van der Waals surface area contributed by atoms with Crippen LogP contribution in [0.25, 0.3) is 0 Å². The van der Waals surface area contributed by atoms with E-state index in [1.54, 1.807) is 12.1 Å². The van der Waals surface area contributed by atoms with Gasteiger partial charge in [0.15, 0.2) is 0 Å². The van der Waals surface area contributed by atoms with Crippen LogP contribution in [-0.2, 0) is 6.42 Å². The SMILES string of the molecule is Cc1ccc(F)c(C(=O)NC(CBr)Cc2ccccc2)c1. The number of carbonyl (C=O) groups excluding carboxylic acids is 1. The third-order valence-corrected chi connectivity index (χ3v) is 3.99. The zero-order valence-corrected chi connectivity index (χ0v) is 13.4. The van der Waals surface area contributed by atoms with Gasteiger partial charge in [0.05, 0.1) is 5.56 Å². The van der Waals surface area contributed by atoms with Crippen LogP contribution in [0.4, 0.5) is 4.39 Å². The molecule has 0 radical (unpaired) electrons. The van der Waals surface area contributed by atoms with Crippen LogP contribution in [0.15, 0.2) is 48.5 Å². The van der Waals surface area contributed by atoms with Crippen LogP contribution in [0.3, 0.4) is 0 Å². The van der Waals surface area contributed by atoms with Crippen LogP contribution in [-0.4, -0.2) is 17.3 Å². The number of hydrogen-bond donors (Lipinski definition) is 1. The molecule has 0 spiro atoms. The van der Waals surface area contributed by atoms with E-state index in [0.717, 1.165) is 11.1 Å². The molecular weight excluding hydrogens is 333 g/mol. The lowest BCUT2D eigenvalue weighted by Crippen LogP contribution is -2.38. The predicted molar refractivity (Wildman–Crippen MR) is 86.3 cm³/mol. The van der Waals surface area contributed by atoms with E-state index in [2.05, 4.69) is 21.2 Å². The maximum absolute atomic E-state index is 13.7. The number of rotatable bonds is 5. The minimum atomic E-state index is -0.494. The Morgan fingerprint density at radius 3 is 2.62 bits per heavy atom. The monoisotopic (exact) mass is 349 g/mol. The fourth-order valence-corrected chi connectivity index (χ4v) is 2.51. The van der Waals surface area contributed by atoms with Gasteiger partial charge in [0.25, 0.3) is 5.91 Å². The van der Waals surface area contributed by atoms with Gasteiger partial charge in [-0.05, 0) is 31.0 Å². The molecule has 2 nitrogen and oxygen atoms in total. The first-order chi connectivity index (χ1) is 10.1. The van der Waals surface area contributed by atoms with E-state index in [0.29, 0.717) is 11.8 Å². The number of alkyl halides is 1. The van der Waals surface area contributed by atoms with Gasteiger partial charge in [-0.2, -0.15) is 0 Å². The standard InChI is InChI=1S/C17H17BrFNO/c1-12-7-8-16(19)15(9-12)17(21)20-14(11-18)10-13-5-3-2-4-6-13/h2-9,14H,10-11H2,1H3,(H,20,21). The smallest absolute Gasteiger partial charge is 0.254 e. The maximum atomic E-state index is 13.7. The van der Waals surface area contributed by atoms with Crippen molar-refractivity contribution in [2.75, 3.05) is 5.33 Å². The van der Waals surface area contributed by atoms with Crippen LogP contribution < -0.4 is 5.32 Å². The molecule has 0 aliphatic carbocycles. The minimum Gasteiger partial charge on any atom is -0.348 e. The number of nitrogens with one attached hydrogen (secondary N) is 1. The lowest BCUT2D eigenvalue weighted by Gasteiger charge is -2.17. The summed E-state index contributed by atoms with van der Waals surface area (Å²) >= 11 is 3.40. The number of hydrogen-bond acceptors (Lipinski definition) is 1. The molecule has 0 aromatic heterocycles. The summed E-state index contributed by atoms with van der Waals surface area (Å²) in [6, 6.07) is 14.4. The van der Waals surface area contributed by atoms with Gasteiger partial charge in [-0.3, -0.25) is 4.79 Å². The van der Waals surface area contributed by atoms with E-state index in [-0.39, 0.29) is 17.5 Å². The Labute approximate surface area is 132 Å². The normalized spacial score (nSPS) is 12.0. The average molecular weight is 350 g/mol. The van der Waals surface area contributed by atoms with Crippen LogP contribution in [0.2, 0.25) is 0 Å². The van der Waals surface area contributed by atoms with Crippen molar-refractivity contribution < 1.29 is 9.18 Å². The largest absolute Gasteiger partial charge is 0.348 e. The summed E-state index contributed by atoms with van der Waals surface area (Å²) in [6.07, 6.45) is 0.700. The Bertz CT molecular complexity index is 615. The first-order valence-corrected chi connectivity index (χ1v) is 7.89. The molecule has 4 heteroatoms. The Balaban J connectivity index is 2.07. The molecular formula is C17H17BrFNO. The molecule has 0 heterocycles. The molecule has 21 heavy (non-hydrogen) atoms. The van der Waals surface area contributed by atoms with Crippen molar-refractivity contribution in [1.82, 2.24) is 5.32 Å². The Hall–Kier alpha value is -1.68. The van der Waals surface area contributed by atoms with Crippen molar-refractivity contribution in [1.29, 1.82) is 0 Å². The molecule has 2 rings (SSSR count). The Kier molecular flexibility index (Phi) is 5.51. The number of carbonyl (C=O) groups is 1. The van der Waals surface area contributed by atoms with Gasteiger partial charge in [-0.1, -0.05) is 57.9 Å². The van der Waals surface area contributed by atoms with Gasteiger partial charge >= 0.3 is 0 Å². The fraction of sp³-hybridized carbons (Fsp3) is 0.235. The first-order valence-electron chi connectivity index (χ1n) is 6.77. The highest BCUT2D eigenvalue weighted by Crippen LogP contribution is 2.11. The summed E-state index contributed by atoms with van der Waals surface area (Å²) in [5.74, 6) is -0.872. The van der Waals surface area contributed by atoms with Crippen LogP contribution in [0.1, 0.15) is 21.5 Å². The average Bonchev–Trinajstić information content (AvgIpc) is 2.50. The highest BCUT2D eigenvalue weighted by Gasteiger charge is 2.16. The quantitative estimate of drug-likeness (QED) is 0.815. The van der Waals surface area contributed by atoms with Gasteiger partial charge in [0.1, 0.15) is 5.82 Å². The Morgan fingerprint density at radius 2 is 1.95 bits per heavy atom. The number of benzene rings is 2. The number of amides is 1. The lowest BCUT2D eigenvalue weighted by molar-refractivity contribution is 0.0937.